The molecule has 0 spiro atoms. The van der Waals surface area contributed by atoms with Crippen LogP contribution in [0.4, 0.5) is 4.39 Å². The number of hydrogen-bond acceptors (Lipinski definition) is 4. The Morgan fingerprint density at radius 2 is 1.97 bits per heavy atom. The van der Waals surface area contributed by atoms with Gasteiger partial charge in [-0.25, -0.2) is 9.37 Å². The lowest BCUT2D eigenvalue weighted by Gasteiger charge is -2.13. The first-order chi connectivity index (χ1) is 16.2. The second-order valence-electron chi connectivity index (χ2n) is 7.88. The number of rotatable bonds is 6. The van der Waals surface area contributed by atoms with Crippen LogP contribution in [0, 0.1) is 5.82 Å². The van der Waals surface area contributed by atoms with E-state index in [4.69, 9.17) is 16.3 Å². The fourth-order valence-corrected chi connectivity index (χ4v) is 4.70. The van der Waals surface area contributed by atoms with Gasteiger partial charge in [-0.15, -0.1) is 0 Å². The zero-order valence-electron chi connectivity index (χ0n) is 18.2. The van der Waals surface area contributed by atoms with Gasteiger partial charge in [0.2, 0.25) is 0 Å². The van der Waals surface area contributed by atoms with E-state index in [9.17, 15) is 9.18 Å². The van der Waals surface area contributed by atoms with Crippen LogP contribution >= 0.6 is 43.5 Å². The van der Waals surface area contributed by atoms with Crippen LogP contribution in [0.2, 0.25) is 5.02 Å². The lowest BCUT2D eigenvalue weighted by atomic mass is 10.2. The van der Waals surface area contributed by atoms with Gasteiger partial charge in [0.15, 0.2) is 5.75 Å². The van der Waals surface area contributed by atoms with E-state index < -0.39 is 0 Å². The molecule has 0 fully saturated rings. The largest absolute Gasteiger partial charge is 0.486 e. The second-order valence-corrected chi connectivity index (χ2v) is 10.1. The Labute approximate surface area is 217 Å². The van der Waals surface area contributed by atoms with E-state index in [2.05, 4.69) is 41.9 Å². The van der Waals surface area contributed by atoms with Gasteiger partial charge in [-0.05, 0) is 69.5 Å². The van der Waals surface area contributed by atoms with Crippen LogP contribution in [0.1, 0.15) is 36.7 Å². The van der Waals surface area contributed by atoms with E-state index in [-0.39, 0.29) is 23.9 Å². The van der Waals surface area contributed by atoms with E-state index in [0.717, 1.165) is 4.47 Å². The Morgan fingerprint density at radius 1 is 1.18 bits per heavy atom. The van der Waals surface area contributed by atoms with Crippen LogP contribution in [-0.4, -0.2) is 15.9 Å². The van der Waals surface area contributed by atoms with Crippen molar-refractivity contribution >= 4 is 60.6 Å². The van der Waals surface area contributed by atoms with Crippen molar-refractivity contribution in [3.8, 4) is 5.75 Å². The molecule has 0 saturated heterocycles. The molecule has 174 valence electrons. The molecule has 0 atom stereocenters. The Kier molecular flexibility index (Phi) is 7.50. The molecule has 0 radical (unpaired) electrons. The number of fused-ring (bicyclic) bond motifs is 1. The van der Waals surface area contributed by atoms with Gasteiger partial charge in [0, 0.05) is 10.4 Å². The molecule has 4 aromatic rings. The Bertz CT molecular complexity index is 1450. The maximum atomic E-state index is 13.4. The van der Waals surface area contributed by atoms with Crippen molar-refractivity contribution in [2.75, 3.05) is 0 Å². The molecule has 0 aliphatic carbocycles. The van der Waals surface area contributed by atoms with Gasteiger partial charge in [-0.3, -0.25) is 4.79 Å². The lowest BCUT2D eigenvalue weighted by Crippen LogP contribution is -2.23. The predicted octanol–water partition coefficient (Wildman–Crippen LogP) is 7.30. The minimum absolute atomic E-state index is 0.0215. The topological polar surface area (TPSA) is 56.5 Å². The highest BCUT2D eigenvalue weighted by molar-refractivity contribution is 9.10. The highest BCUT2D eigenvalue weighted by Gasteiger charge is 2.14. The summed E-state index contributed by atoms with van der Waals surface area (Å²) in [5, 5.41) is 5.25. The molecule has 34 heavy (non-hydrogen) atoms. The highest BCUT2D eigenvalue weighted by Crippen LogP contribution is 2.34. The number of hydrogen-bond donors (Lipinski definition) is 0. The fraction of sp³-hybridized carbons (Fsp3) is 0.160. The summed E-state index contributed by atoms with van der Waals surface area (Å²) in [5.41, 5.74) is 1.70. The van der Waals surface area contributed by atoms with E-state index in [1.165, 1.54) is 16.8 Å². The third-order valence-electron chi connectivity index (χ3n) is 4.96. The number of nitrogens with zero attached hydrogens (tertiary/aromatic N) is 3. The monoisotopic (exact) mass is 605 g/mol. The number of benzene rings is 3. The quantitative estimate of drug-likeness (QED) is 0.216. The molecule has 0 unspecified atom stereocenters. The van der Waals surface area contributed by atoms with Gasteiger partial charge >= 0.3 is 0 Å². The number of ether oxygens (including phenoxy) is 1. The molecule has 0 N–H and O–H groups in total. The molecule has 9 heteroatoms. The van der Waals surface area contributed by atoms with Crippen LogP contribution in [0.5, 0.6) is 5.75 Å². The highest BCUT2D eigenvalue weighted by atomic mass is 79.9. The summed E-state index contributed by atoms with van der Waals surface area (Å²) < 4.78 is 21.9. The van der Waals surface area contributed by atoms with E-state index in [1.54, 1.807) is 42.6 Å². The van der Waals surface area contributed by atoms with Gasteiger partial charge in [0.05, 0.1) is 26.6 Å². The third kappa shape index (κ3) is 5.40. The minimum atomic E-state index is -0.329. The summed E-state index contributed by atoms with van der Waals surface area (Å²) in [5.74, 6) is 0.632. The summed E-state index contributed by atoms with van der Waals surface area (Å²) >= 11 is 13.3. The third-order valence-corrected chi connectivity index (χ3v) is 6.33. The molecule has 1 aromatic heterocycles. The molecule has 0 aliphatic rings. The lowest BCUT2D eigenvalue weighted by molar-refractivity contribution is 0.304. The smallest absolute Gasteiger partial charge is 0.282 e. The Balaban J connectivity index is 1.66. The van der Waals surface area contributed by atoms with Gasteiger partial charge in [-0.2, -0.15) is 9.78 Å². The Morgan fingerprint density at radius 3 is 2.68 bits per heavy atom. The standard InChI is InChI=1S/C25H19Br2ClFN3O2/c1-14(2)24-31-22-7-6-17(26)11-19(22)25(33)32(24)30-12-16-9-20(27)23(21(28)10-16)34-13-15-4-3-5-18(29)8-15/h3-12,14H,13H2,1-2H3. The van der Waals surface area contributed by atoms with Crippen LogP contribution in [0.3, 0.4) is 0 Å². The van der Waals surface area contributed by atoms with Crippen molar-refractivity contribution in [2.45, 2.75) is 26.4 Å². The van der Waals surface area contributed by atoms with E-state index in [1.807, 2.05) is 19.9 Å². The summed E-state index contributed by atoms with van der Waals surface area (Å²) in [6.07, 6.45) is 1.55. The molecule has 3 aromatic carbocycles. The molecule has 0 saturated carbocycles. The summed E-state index contributed by atoms with van der Waals surface area (Å²) in [6, 6.07) is 15.0. The molecule has 5 nitrogen and oxygen atoms in total. The van der Waals surface area contributed by atoms with Crippen molar-refractivity contribution in [2.24, 2.45) is 5.10 Å². The van der Waals surface area contributed by atoms with Gasteiger partial charge < -0.3 is 4.74 Å². The first-order valence-corrected chi connectivity index (χ1v) is 12.3. The van der Waals surface area contributed by atoms with Crippen molar-refractivity contribution in [1.82, 2.24) is 9.66 Å². The maximum absolute atomic E-state index is 13.4. The van der Waals surface area contributed by atoms with Crippen molar-refractivity contribution in [3.05, 3.63) is 102 Å². The summed E-state index contributed by atoms with van der Waals surface area (Å²) in [6.45, 7) is 4.07. The zero-order chi connectivity index (χ0) is 24.4. The Hall–Kier alpha value is -2.55. The maximum Gasteiger partial charge on any atom is 0.282 e. The minimum Gasteiger partial charge on any atom is -0.486 e. The SMILES string of the molecule is CC(C)c1nc2ccc(Br)cc2c(=O)n1N=Cc1cc(Cl)c(OCc2cccc(F)c2)c(Br)c1. The van der Waals surface area contributed by atoms with Crippen molar-refractivity contribution < 1.29 is 9.13 Å². The molecular formula is C25H19Br2ClFN3O2. The van der Waals surface area contributed by atoms with Crippen molar-refractivity contribution in [1.29, 1.82) is 0 Å². The normalized spacial score (nSPS) is 11.6. The average Bonchev–Trinajstić information content (AvgIpc) is 2.78. The number of aromatic nitrogens is 2. The molecule has 1 heterocycles. The van der Waals surface area contributed by atoms with Crippen LogP contribution < -0.4 is 10.3 Å². The van der Waals surface area contributed by atoms with E-state index >= 15 is 0 Å². The zero-order valence-corrected chi connectivity index (χ0v) is 22.2. The van der Waals surface area contributed by atoms with Crippen LogP contribution in [-0.2, 0) is 6.61 Å². The predicted molar refractivity (Wildman–Crippen MR) is 141 cm³/mol. The second kappa shape index (κ2) is 10.4. The van der Waals surface area contributed by atoms with Gasteiger partial charge in [0.25, 0.3) is 5.56 Å². The average molecular weight is 608 g/mol. The molecule has 0 amide bonds. The fourth-order valence-electron chi connectivity index (χ4n) is 3.35. The molecule has 4 rings (SSSR count). The molecule has 0 aliphatic heterocycles. The number of halogens is 4. The first kappa shape index (κ1) is 24.6. The molecular weight excluding hydrogens is 589 g/mol. The van der Waals surface area contributed by atoms with Crippen LogP contribution in [0.15, 0.2) is 73.4 Å². The molecule has 0 bridgehead atoms. The van der Waals surface area contributed by atoms with Crippen LogP contribution in [0.25, 0.3) is 10.9 Å². The summed E-state index contributed by atoms with van der Waals surface area (Å²) in [7, 11) is 0. The summed E-state index contributed by atoms with van der Waals surface area (Å²) in [4.78, 5) is 17.8. The van der Waals surface area contributed by atoms with Gasteiger partial charge in [0.1, 0.15) is 18.2 Å². The van der Waals surface area contributed by atoms with Crippen molar-refractivity contribution in [3.63, 3.8) is 0 Å². The van der Waals surface area contributed by atoms with Gasteiger partial charge in [-0.1, -0.05) is 53.5 Å². The van der Waals surface area contributed by atoms with E-state index in [0.29, 0.717) is 43.1 Å². The first-order valence-electron chi connectivity index (χ1n) is 10.4.